The first-order valence-corrected chi connectivity index (χ1v) is 11.9. The van der Waals surface area contributed by atoms with Crippen LogP contribution in [-0.2, 0) is 0 Å². The molecule has 5 rings (SSSR count). The number of hydrogen-bond donors (Lipinski definition) is 0. The summed E-state index contributed by atoms with van der Waals surface area (Å²) in [6.07, 6.45) is 5.36. The van der Waals surface area contributed by atoms with E-state index in [0.717, 1.165) is 25.2 Å². The summed E-state index contributed by atoms with van der Waals surface area (Å²) in [6, 6.07) is 23.4. The molecule has 3 aliphatic heterocycles. The van der Waals surface area contributed by atoms with Gasteiger partial charge in [0.15, 0.2) is 0 Å². The van der Waals surface area contributed by atoms with E-state index >= 15 is 0 Å². The van der Waals surface area contributed by atoms with Gasteiger partial charge in [-0.1, -0.05) is 36.4 Å². The van der Waals surface area contributed by atoms with Gasteiger partial charge in [0.1, 0.15) is 0 Å². The average Bonchev–Trinajstić information content (AvgIpc) is 2.85. The first kappa shape index (κ1) is 19.9. The molecule has 0 bridgehead atoms. The Bertz CT molecular complexity index is 699. The minimum atomic E-state index is 0.754. The molecule has 0 radical (unpaired) electrons. The van der Waals surface area contributed by atoms with Gasteiger partial charge in [-0.25, -0.2) is 0 Å². The highest BCUT2D eigenvalue weighted by molar-refractivity contribution is 5.47. The molecule has 0 aliphatic carbocycles. The monoisotopic (exact) mass is 404 g/mol. The van der Waals surface area contributed by atoms with Crippen LogP contribution in [0.15, 0.2) is 60.7 Å². The molecule has 160 valence electrons. The van der Waals surface area contributed by atoms with Crippen molar-refractivity contribution in [3.8, 4) is 0 Å². The van der Waals surface area contributed by atoms with Crippen molar-refractivity contribution >= 4 is 11.4 Å². The van der Waals surface area contributed by atoms with Crippen LogP contribution in [0.2, 0.25) is 0 Å². The second-order valence-corrected chi connectivity index (χ2v) is 9.20. The Morgan fingerprint density at radius 2 is 1.07 bits per heavy atom. The van der Waals surface area contributed by atoms with Gasteiger partial charge in [-0.15, -0.1) is 0 Å². The fraction of sp³-hybridized carbons (Fsp3) is 0.538. The Balaban J connectivity index is 1.12. The molecule has 0 aromatic heterocycles. The van der Waals surface area contributed by atoms with Crippen molar-refractivity contribution in [1.29, 1.82) is 0 Å². The quantitative estimate of drug-likeness (QED) is 0.765. The highest BCUT2D eigenvalue weighted by atomic mass is 15.3. The molecule has 4 nitrogen and oxygen atoms in total. The molecular formula is C26H36N4. The largest absolute Gasteiger partial charge is 0.371 e. The van der Waals surface area contributed by atoms with Crippen LogP contribution in [0.25, 0.3) is 0 Å². The zero-order chi connectivity index (χ0) is 20.2. The molecule has 2 aromatic rings. The highest BCUT2D eigenvalue weighted by Crippen LogP contribution is 2.27. The van der Waals surface area contributed by atoms with E-state index in [4.69, 9.17) is 0 Å². The molecule has 3 heterocycles. The molecule has 30 heavy (non-hydrogen) atoms. The third-order valence-electron chi connectivity index (χ3n) is 7.48. The van der Waals surface area contributed by atoms with Crippen LogP contribution in [0.5, 0.6) is 0 Å². The number of likely N-dealkylation sites (tertiary alicyclic amines) is 1. The van der Waals surface area contributed by atoms with Crippen LogP contribution in [0.4, 0.5) is 11.4 Å². The normalized spacial score (nSPS) is 24.9. The zero-order valence-electron chi connectivity index (χ0n) is 18.2. The molecular weight excluding hydrogens is 368 g/mol. The molecule has 0 N–H and O–H groups in total. The molecule has 4 heteroatoms. The highest BCUT2D eigenvalue weighted by Gasteiger charge is 2.32. The number of anilines is 2. The second-order valence-electron chi connectivity index (χ2n) is 9.20. The predicted molar refractivity (Wildman–Crippen MR) is 127 cm³/mol. The van der Waals surface area contributed by atoms with Gasteiger partial charge in [-0.2, -0.15) is 0 Å². The summed E-state index contributed by atoms with van der Waals surface area (Å²) < 4.78 is 0. The molecule has 0 unspecified atom stereocenters. The van der Waals surface area contributed by atoms with Crippen molar-refractivity contribution in [2.24, 2.45) is 0 Å². The smallest absolute Gasteiger partial charge is 0.0367 e. The standard InChI is InChI=1S/C26H36N4/c1-3-8-23(9-4-1)27-16-13-25(14-17-27)30-15-7-12-26(22-30)29-20-18-28(19-21-29)24-10-5-2-6-11-24/h1-6,8-11,25-26H,7,12-22H2/t26-/m0/s1. The van der Waals surface area contributed by atoms with Crippen molar-refractivity contribution in [3.05, 3.63) is 60.7 Å². The minimum Gasteiger partial charge on any atom is -0.371 e. The lowest BCUT2D eigenvalue weighted by atomic mass is 9.96. The number of para-hydroxylation sites is 2. The lowest BCUT2D eigenvalue weighted by Gasteiger charge is -2.47. The molecule has 3 saturated heterocycles. The Morgan fingerprint density at radius 3 is 1.67 bits per heavy atom. The maximum atomic E-state index is 2.83. The maximum Gasteiger partial charge on any atom is 0.0367 e. The first-order valence-electron chi connectivity index (χ1n) is 11.9. The van der Waals surface area contributed by atoms with E-state index in [9.17, 15) is 0 Å². The number of piperidine rings is 2. The number of piperazine rings is 1. The third kappa shape index (κ3) is 4.50. The molecule has 0 amide bonds. The van der Waals surface area contributed by atoms with Crippen molar-refractivity contribution in [2.45, 2.75) is 37.8 Å². The van der Waals surface area contributed by atoms with Crippen molar-refractivity contribution < 1.29 is 0 Å². The second kappa shape index (κ2) is 9.40. The Kier molecular flexibility index (Phi) is 6.24. The molecule has 0 spiro atoms. The predicted octanol–water partition coefficient (Wildman–Crippen LogP) is 3.94. The fourth-order valence-corrected chi connectivity index (χ4v) is 5.73. The van der Waals surface area contributed by atoms with E-state index in [-0.39, 0.29) is 0 Å². The summed E-state index contributed by atoms with van der Waals surface area (Å²) in [5.74, 6) is 0. The Hall–Kier alpha value is -2.04. The zero-order valence-corrected chi connectivity index (χ0v) is 18.2. The van der Waals surface area contributed by atoms with E-state index < -0.39 is 0 Å². The summed E-state index contributed by atoms with van der Waals surface area (Å²) >= 11 is 0. The topological polar surface area (TPSA) is 13.0 Å². The van der Waals surface area contributed by atoms with Crippen molar-refractivity contribution in [1.82, 2.24) is 9.80 Å². The number of hydrogen-bond acceptors (Lipinski definition) is 4. The van der Waals surface area contributed by atoms with Crippen LogP contribution in [0.1, 0.15) is 25.7 Å². The summed E-state index contributed by atoms with van der Waals surface area (Å²) in [7, 11) is 0. The van der Waals surface area contributed by atoms with Crippen LogP contribution < -0.4 is 9.80 Å². The van der Waals surface area contributed by atoms with Crippen LogP contribution in [0.3, 0.4) is 0 Å². The molecule has 3 fully saturated rings. The van der Waals surface area contributed by atoms with Crippen molar-refractivity contribution in [3.63, 3.8) is 0 Å². The maximum absolute atomic E-state index is 2.83. The van der Waals surface area contributed by atoms with E-state index in [1.807, 2.05) is 0 Å². The lowest BCUT2D eigenvalue weighted by molar-refractivity contribution is 0.0596. The lowest BCUT2D eigenvalue weighted by Crippen LogP contribution is -2.57. The summed E-state index contributed by atoms with van der Waals surface area (Å²) in [4.78, 5) is 10.7. The van der Waals surface area contributed by atoms with Gasteiger partial charge < -0.3 is 9.80 Å². The molecule has 0 saturated carbocycles. The van der Waals surface area contributed by atoms with Gasteiger partial charge in [-0.05, 0) is 56.5 Å². The van der Waals surface area contributed by atoms with Crippen LogP contribution >= 0.6 is 0 Å². The van der Waals surface area contributed by atoms with Crippen LogP contribution in [-0.4, -0.2) is 74.2 Å². The van der Waals surface area contributed by atoms with E-state index in [1.165, 1.54) is 76.3 Å². The average molecular weight is 405 g/mol. The van der Waals surface area contributed by atoms with E-state index in [1.54, 1.807) is 0 Å². The number of nitrogens with zero attached hydrogens (tertiary/aromatic N) is 4. The summed E-state index contributed by atoms with van der Waals surface area (Å²) in [5.41, 5.74) is 2.77. The van der Waals surface area contributed by atoms with Crippen LogP contribution in [0, 0.1) is 0 Å². The van der Waals surface area contributed by atoms with E-state index in [2.05, 4.69) is 80.3 Å². The van der Waals surface area contributed by atoms with Gasteiger partial charge in [0.2, 0.25) is 0 Å². The van der Waals surface area contributed by atoms with Gasteiger partial charge in [0.05, 0.1) is 0 Å². The Morgan fingerprint density at radius 1 is 0.500 bits per heavy atom. The van der Waals surface area contributed by atoms with Gasteiger partial charge in [0.25, 0.3) is 0 Å². The summed E-state index contributed by atoms with van der Waals surface area (Å²) in [6.45, 7) is 9.72. The van der Waals surface area contributed by atoms with Gasteiger partial charge in [-0.3, -0.25) is 9.80 Å². The first-order chi connectivity index (χ1) is 14.9. The number of benzene rings is 2. The molecule has 3 aliphatic rings. The van der Waals surface area contributed by atoms with Gasteiger partial charge >= 0.3 is 0 Å². The Labute approximate surface area is 182 Å². The fourth-order valence-electron chi connectivity index (χ4n) is 5.73. The minimum absolute atomic E-state index is 0.754. The van der Waals surface area contributed by atoms with Crippen molar-refractivity contribution in [2.75, 3.05) is 62.2 Å². The summed E-state index contributed by atoms with van der Waals surface area (Å²) in [5, 5.41) is 0. The SMILES string of the molecule is c1ccc(N2CCC(N3CCC[C@H](N4CCN(c5ccccc5)CC4)C3)CC2)cc1. The van der Waals surface area contributed by atoms with E-state index in [0.29, 0.717) is 0 Å². The number of rotatable bonds is 4. The molecule has 2 aromatic carbocycles. The van der Waals surface area contributed by atoms with Gasteiger partial charge in [0, 0.05) is 69.3 Å². The molecule has 1 atom stereocenters. The third-order valence-corrected chi connectivity index (χ3v) is 7.48.